The standard InChI is InChI=1S/C11H12O5/c12-5-10-3-8(4-11(14)15)1-2-9(10)6-16-7-13/h1-3,7,12H,4-6H2,(H,14,15). The number of hydrogen-bond donors (Lipinski definition) is 2. The molecule has 1 aromatic rings. The minimum Gasteiger partial charge on any atom is -0.481 e. The summed E-state index contributed by atoms with van der Waals surface area (Å²) in [4.78, 5) is 20.5. The summed E-state index contributed by atoms with van der Waals surface area (Å²) in [6, 6.07) is 4.88. The maximum absolute atomic E-state index is 10.5. The van der Waals surface area contributed by atoms with Crippen LogP contribution in [0.3, 0.4) is 0 Å². The molecule has 0 aromatic heterocycles. The summed E-state index contributed by atoms with van der Waals surface area (Å²) in [6.07, 6.45) is -0.0954. The Labute approximate surface area is 92.3 Å². The summed E-state index contributed by atoms with van der Waals surface area (Å²) in [5.41, 5.74) is 1.84. The number of carbonyl (C=O) groups is 2. The van der Waals surface area contributed by atoms with Crippen LogP contribution in [0.5, 0.6) is 0 Å². The van der Waals surface area contributed by atoms with Crippen LogP contribution < -0.4 is 0 Å². The van der Waals surface area contributed by atoms with Crippen molar-refractivity contribution in [2.24, 2.45) is 0 Å². The molecule has 0 aliphatic heterocycles. The van der Waals surface area contributed by atoms with E-state index in [-0.39, 0.29) is 19.6 Å². The first-order valence-electron chi connectivity index (χ1n) is 4.66. The van der Waals surface area contributed by atoms with Crippen LogP contribution in [0, 0.1) is 0 Å². The van der Waals surface area contributed by atoms with Crippen molar-refractivity contribution < 1.29 is 24.5 Å². The minimum absolute atomic E-state index is 0.0761. The third-order valence-corrected chi connectivity index (χ3v) is 2.10. The number of aliphatic carboxylic acids is 1. The first kappa shape index (κ1) is 12.2. The van der Waals surface area contributed by atoms with E-state index in [1.807, 2.05) is 0 Å². The van der Waals surface area contributed by atoms with Gasteiger partial charge in [-0.1, -0.05) is 18.2 Å². The maximum Gasteiger partial charge on any atom is 0.307 e. The van der Waals surface area contributed by atoms with E-state index in [4.69, 9.17) is 10.2 Å². The zero-order valence-electron chi connectivity index (χ0n) is 8.55. The molecule has 2 N–H and O–H groups in total. The van der Waals surface area contributed by atoms with Gasteiger partial charge in [-0.3, -0.25) is 9.59 Å². The average molecular weight is 224 g/mol. The molecule has 0 unspecified atom stereocenters. The Morgan fingerprint density at radius 3 is 2.69 bits per heavy atom. The highest BCUT2D eigenvalue weighted by Gasteiger charge is 2.06. The Balaban J connectivity index is 2.87. The fourth-order valence-electron chi connectivity index (χ4n) is 1.38. The van der Waals surface area contributed by atoms with Crippen LogP contribution in [0.25, 0.3) is 0 Å². The highest BCUT2D eigenvalue weighted by Crippen LogP contribution is 2.14. The predicted octanol–water partition coefficient (Wildman–Crippen LogP) is 0.479. The summed E-state index contributed by atoms with van der Waals surface area (Å²) in [6.45, 7) is 0.185. The Morgan fingerprint density at radius 2 is 2.12 bits per heavy atom. The van der Waals surface area contributed by atoms with E-state index in [9.17, 15) is 9.59 Å². The number of ether oxygens (including phenoxy) is 1. The van der Waals surface area contributed by atoms with E-state index >= 15 is 0 Å². The third kappa shape index (κ3) is 3.36. The Hall–Kier alpha value is -1.88. The molecule has 1 rings (SSSR count). The SMILES string of the molecule is O=COCc1ccc(CC(=O)O)cc1CO. The van der Waals surface area contributed by atoms with E-state index in [2.05, 4.69) is 4.74 Å². The summed E-state index contributed by atoms with van der Waals surface area (Å²) < 4.78 is 4.58. The first-order chi connectivity index (χ1) is 7.67. The molecular formula is C11H12O5. The number of benzene rings is 1. The molecule has 0 amide bonds. The summed E-state index contributed by atoms with van der Waals surface area (Å²) in [5.74, 6) is -0.930. The van der Waals surface area contributed by atoms with Crippen molar-refractivity contribution in [2.75, 3.05) is 0 Å². The van der Waals surface area contributed by atoms with Gasteiger partial charge in [-0.25, -0.2) is 0 Å². The highest BCUT2D eigenvalue weighted by molar-refractivity contribution is 5.70. The van der Waals surface area contributed by atoms with Crippen LogP contribution in [-0.4, -0.2) is 22.7 Å². The molecule has 0 spiro atoms. The van der Waals surface area contributed by atoms with Gasteiger partial charge in [0.1, 0.15) is 6.61 Å². The first-order valence-corrected chi connectivity index (χ1v) is 4.66. The summed E-state index contributed by atoms with van der Waals surface area (Å²) >= 11 is 0. The number of carboxylic acids is 1. The fourth-order valence-corrected chi connectivity index (χ4v) is 1.38. The summed E-state index contributed by atoms with van der Waals surface area (Å²) in [5, 5.41) is 17.7. The van der Waals surface area contributed by atoms with Crippen molar-refractivity contribution in [3.63, 3.8) is 0 Å². The molecule has 0 heterocycles. The zero-order chi connectivity index (χ0) is 12.0. The number of aliphatic hydroxyl groups is 1. The predicted molar refractivity (Wildman–Crippen MR) is 54.6 cm³/mol. The lowest BCUT2D eigenvalue weighted by Crippen LogP contribution is -2.03. The minimum atomic E-state index is -0.930. The molecule has 0 radical (unpaired) electrons. The number of aliphatic hydroxyl groups excluding tert-OH is 1. The number of carbonyl (C=O) groups excluding carboxylic acids is 1. The van der Waals surface area contributed by atoms with Gasteiger partial charge in [-0.2, -0.15) is 0 Å². The topological polar surface area (TPSA) is 83.8 Å². The summed E-state index contributed by atoms with van der Waals surface area (Å²) in [7, 11) is 0. The second-order valence-electron chi connectivity index (χ2n) is 3.24. The van der Waals surface area contributed by atoms with Crippen molar-refractivity contribution in [1.82, 2.24) is 0 Å². The largest absolute Gasteiger partial charge is 0.481 e. The second-order valence-corrected chi connectivity index (χ2v) is 3.24. The van der Waals surface area contributed by atoms with Gasteiger partial charge in [0, 0.05) is 0 Å². The van der Waals surface area contributed by atoms with Crippen LogP contribution in [0.4, 0.5) is 0 Å². The van der Waals surface area contributed by atoms with E-state index in [1.165, 1.54) is 0 Å². The van der Waals surface area contributed by atoms with Crippen LogP contribution in [0.2, 0.25) is 0 Å². The van der Waals surface area contributed by atoms with Crippen LogP contribution in [0.15, 0.2) is 18.2 Å². The van der Waals surface area contributed by atoms with Crippen LogP contribution in [-0.2, 0) is 34.0 Å². The van der Waals surface area contributed by atoms with Gasteiger partial charge in [-0.15, -0.1) is 0 Å². The van der Waals surface area contributed by atoms with Crippen molar-refractivity contribution in [3.05, 3.63) is 34.9 Å². The quantitative estimate of drug-likeness (QED) is 0.686. The lowest BCUT2D eigenvalue weighted by Gasteiger charge is -2.08. The van der Waals surface area contributed by atoms with E-state index in [0.29, 0.717) is 23.2 Å². The highest BCUT2D eigenvalue weighted by atomic mass is 16.5. The lowest BCUT2D eigenvalue weighted by atomic mass is 10.0. The van der Waals surface area contributed by atoms with Crippen molar-refractivity contribution in [3.8, 4) is 0 Å². The number of carboxylic acid groups (broad SMARTS) is 1. The normalized spacial score (nSPS) is 9.81. The monoisotopic (exact) mass is 224 g/mol. The van der Waals surface area contributed by atoms with E-state index in [1.54, 1.807) is 18.2 Å². The van der Waals surface area contributed by atoms with E-state index in [0.717, 1.165) is 0 Å². The molecule has 5 heteroatoms. The van der Waals surface area contributed by atoms with Gasteiger partial charge in [0.15, 0.2) is 0 Å². The van der Waals surface area contributed by atoms with Gasteiger partial charge in [-0.05, 0) is 16.7 Å². The van der Waals surface area contributed by atoms with Gasteiger partial charge in [0.05, 0.1) is 13.0 Å². The molecule has 0 fully saturated rings. The molecule has 0 aliphatic carbocycles. The lowest BCUT2D eigenvalue weighted by molar-refractivity contribution is -0.136. The smallest absolute Gasteiger partial charge is 0.307 e. The number of hydrogen-bond acceptors (Lipinski definition) is 4. The van der Waals surface area contributed by atoms with Crippen molar-refractivity contribution in [1.29, 1.82) is 0 Å². The molecule has 0 saturated carbocycles. The van der Waals surface area contributed by atoms with Crippen molar-refractivity contribution in [2.45, 2.75) is 19.6 Å². The molecule has 0 aliphatic rings. The fraction of sp³-hybridized carbons (Fsp3) is 0.273. The zero-order valence-corrected chi connectivity index (χ0v) is 8.55. The van der Waals surface area contributed by atoms with Gasteiger partial charge in [0.25, 0.3) is 6.47 Å². The molecule has 5 nitrogen and oxygen atoms in total. The molecule has 86 valence electrons. The molecule has 16 heavy (non-hydrogen) atoms. The maximum atomic E-state index is 10.5. The Kier molecular flexibility index (Phi) is 4.47. The van der Waals surface area contributed by atoms with Crippen LogP contribution >= 0.6 is 0 Å². The molecule has 0 atom stereocenters. The molecular weight excluding hydrogens is 212 g/mol. The van der Waals surface area contributed by atoms with Crippen LogP contribution in [0.1, 0.15) is 16.7 Å². The molecule has 1 aromatic carbocycles. The second kappa shape index (κ2) is 5.87. The van der Waals surface area contributed by atoms with Gasteiger partial charge < -0.3 is 14.9 Å². The van der Waals surface area contributed by atoms with Gasteiger partial charge >= 0.3 is 5.97 Å². The molecule has 0 bridgehead atoms. The van der Waals surface area contributed by atoms with Gasteiger partial charge in [0.2, 0.25) is 0 Å². The average Bonchev–Trinajstić information content (AvgIpc) is 2.26. The Bertz CT molecular complexity index is 386. The number of rotatable bonds is 6. The third-order valence-electron chi connectivity index (χ3n) is 2.10. The Morgan fingerprint density at radius 1 is 1.38 bits per heavy atom. The molecule has 0 saturated heterocycles. The van der Waals surface area contributed by atoms with E-state index < -0.39 is 5.97 Å². The van der Waals surface area contributed by atoms with Crippen molar-refractivity contribution >= 4 is 12.4 Å².